The Labute approximate surface area is 295 Å². The molecule has 0 bridgehead atoms. The summed E-state index contributed by atoms with van der Waals surface area (Å²) in [7, 11) is -1.11. The van der Waals surface area contributed by atoms with Crippen molar-refractivity contribution < 1.29 is 13.5 Å². The van der Waals surface area contributed by atoms with Crippen LogP contribution in [0.1, 0.15) is 50.8 Å². The molecule has 2 aromatic carbocycles. The molecule has 0 unspecified atom stereocenters. The zero-order valence-electron chi connectivity index (χ0n) is 29.8. The number of anilines is 1. The lowest BCUT2D eigenvalue weighted by Crippen LogP contribution is -2.58. The molecule has 4 aromatic rings. The van der Waals surface area contributed by atoms with Crippen molar-refractivity contribution in [2.24, 2.45) is 11.3 Å². The normalized spacial score (nSPS) is 24.3. The number of aromatic nitrogens is 3. The van der Waals surface area contributed by atoms with Crippen LogP contribution in [0.3, 0.4) is 0 Å². The third kappa shape index (κ3) is 6.05. The number of halogens is 2. The van der Waals surface area contributed by atoms with Crippen LogP contribution >= 0.6 is 0 Å². The van der Waals surface area contributed by atoms with Gasteiger partial charge in [-0.05, 0) is 68.6 Å². The molecule has 7 nitrogen and oxygen atoms in total. The van der Waals surface area contributed by atoms with Crippen LogP contribution in [0.5, 0.6) is 6.01 Å². The average molecular weight is 695 g/mol. The highest BCUT2D eigenvalue weighted by molar-refractivity contribution is 6.77. The second-order valence-electron chi connectivity index (χ2n) is 16.2. The Hall–Kier alpha value is -3.65. The number of pyridine rings is 1. The second kappa shape index (κ2) is 12.8. The standard InChI is InChI=1S/C40H48F2N6OSi/c1-6-27-22-48-32(21-43-27)25(3)20-31-34-37(35(42)36(44-31)29-11-8-10-26-12-13-30(41)28(7-2)33(26)29)45-39(46-38(34)48)49-24-40(14-15-40)23-47-16-9-18-50(4,5)19-17-47/h2,8,10-13,25,27,32,43H,6,9,14-24H2,1,3-5H3/t25-,27+,32+/m0/s1. The number of fused-ring (bicyclic) bond motifs is 3. The number of nitrogens with one attached hydrogen (secondary N) is 1. The highest BCUT2D eigenvalue weighted by atomic mass is 28.3. The number of benzene rings is 2. The van der Waals surface area contributed by atoms with Gasteiger partial charge in [-0.3, -0.25) is 0 Å². The Morgan fingerprint density at radius 2 is 1.92 bits per heavy atom. The maximum absolute atomic E-state index is 17.2. The summed E-state index contributed by atoms with van der Waals surface area (Å²) in [5.74, 6) is 2.33. The van der Waals surface area contributed by atoms with Gasteiger partial charge < -0.3 is 19.9 Å². The van der Waals surface area contributed by atoms with Crippen LogP contribution in [0.2, 0.25) is 25.2 Å². The number of ether oxygens (including phenoxy) is 1. The lowest BCUT2D eigenvalue weighted by Gasteiger charge is -2.42. The van der Waals surface area contributed by atoms with E-state index in [9.17, 15) is 0 Å². The first kappa shape index (κ1) is 33.5. The number of hydrogen-bond acceptors (Lipinski definition) is 7. The van der Waals surface area contributed by atoms with Crippen molar-refractivity contribution in [1.29, 1.82) is 0 Å². The minimum atomic E-state index is -1.11. The third-order valence-electron chi connectivity index (χ3n) is 12.0. The van der Waals surface area contributed by atoms with E-state index in [0.29, 0.717) is 35.2 Å². The molecule has 2 saturated heterocycles. The monoisotopic (exact) mass is 694 g/mol. The van der Waals surface area contributed by atoms with E-state index < -0.39 is 19.7 Å². The third-order valence-corrected chi connectivity index (χ3v) is 15.3. The van der Waals surface area contributed by atoms with E-state index in [2.05, 4.69) is 48.0 Å². The van der Waals surface area contributed by atoms with E-state index in [1.165, 1.54) is 31.1 Å². The summed E-state index contributed by atoms with van der Waals surface area (Å²) < 4.78 is 38.8. The summed E-state index contributed by atoms with van der Waals surface area (Å²) in [4.78, 5) is 20.0. The van der Waals surface area contributed by atoms with Crippen molar-refractivity contribution in [3.8, 4) is 29.6 Å². The molecule has 1 saturated carbocycles. The van der Waals surface area contributed by atoms with Crippen molar-refractivity contribution in [2.45, 2.75) is 83.2 Å². The second-order valence-corrected chi connectivity index (χ2v) is 21.6. The molecule has 10 heteroatoms. The largest absolute Gasteiger partial charge is 0.463 e. The molecule has 1 N–H and O–H groups in total. The van der Waals surface area contributed by atoms with E-state index in [1.54, 1.807) is 12.1 Å². The molecule has 2 aromatic heterocycles. The fourth-order valence-corrected chi connectivity index (χ4v) is 10.9. The Bertz CT molecular complexity index is 2010. The fourth-order valence-electron chi connectivity index (χ4n) is 8.65. The van der Waals surface area contributed by atoms with E-state index in [0.717, 1.165) is 56.5 Å². The number of nitrogens with zero attached hydrogens (tertiary/aromatic N) is 5. The molecule has 8 rings (SSSR count). The number of hydrogen-bond donors (Lipinski definition) is 1. The van der Waals surface area contributed by atoms with Gasteiger partial charge in [-0.2, -0.15) is 9.97 Å². The number of rotatable bonds is 7. The molecule has 3 fully saturated rings. The first-order valence-electron chi connectivity index (χ1n) is 18.5. The first-order chi connectivity index (χ1) is 24.1. The van der Waals surface area contributed by atoms with Crippen LogP contribution in [0.25, 0.3) is 32.9 Å². The summed E-state index contributed by atoms with van der Waals surface area (Å²) in [5.41, 5.74) is 1.70. The highest BCUT2D eigenvalue weighted by Gasteiger charge is 2.46. The summed E-state index contributed by atoms with van der Waals surface area (Å²) in [6, 6.07) is 11.9. The van der Waals surface area contributed by atoms with Crippen LogP contribution < -0.4 is 15.0 Å². The van der Waals surface area contributed by atoms with E-state index in [1.807, 2.05) is 12.1 Å². The van der Waals surface area contributed by atoms with Crippen molar-refractivity contribution in [2.75, 3.05) is 44.2 Å². The molecule has 1 aliphatic carbocycles. The smallest absolute Gasteiger partial charge is 0.319 e. The minimum absolute atomic E-state index is 0.0770. The van der Waals surface area contributed by atoms with Crippen molar-refractivity contribution >= 4 is 35.6 Å². The first-order valence-corrected chi connectivity index (χ1v) is 21.9. The number of piperazine rings is 1. The van der Waals surface area contributed by atoms with Gasteiger partial charge in [0.05, 0.1) is 23.3 Å². The summed E-state index contributed by atoms with van der Waals surface area (Å²) in [6.07, 6.45) is 10.9. The van der Waals surface area contributed by atoms with E-state index in [-0.39, 0.29) is 46.2 Å². The lowest BCUT2D eigenvalue weighted by molar-refractivity contribution is 0.159. The maximum Gasteiger partial charge on any atom is 0.319 e. The number of terminal acetylenes is 1. The molecule has 0 amide bonds. The van der Waals surface area contributed by atoms with Crippen LogP contribution in [-0.2, 0) is 6.42 Å². The van der Waals surface area contributed by atoms with Gasteiger partial charge in [0.1, 0.15) is 22.8 Å². The van der Waals surface area contributed by atoms with Gasteiger partial charge in [0, 0.05) is 56.2 Å². The Balaban J connectivity index is 1.23. The molecule has 0 radical (unpaired) electrons. The van der Waals surface area contributed by atoms with Gasteiger partial charge in [-0.25, -0.2) is 13.8 Å². The average Bonchev–Trinajstić information content (AvgIpc) is 3.92. The van der Waals surface area contributed by atoms with Gasteiger partial charge in [-0.1, -0.05) is 63.2 Å². The SMILES string of the molecule is C#Cc1c(F)ccc2cccc(-c3nc4c5c(nc(OCC6(CN7CCC[Si](C)(C)CC7)CC6)nc5c3F)N3C[C@@H](CC)NC[C@@H]3[C@@H](C)C4)c12. The maximum atomic E-state index is 17.2. The predicted molar refractivity (Wildman–Crippen MR) is 200 cm³/mol. The summed E-state index contributed by atoms with van der Waals surface area (Å²) >= 11 is 0. The zero-order valence-corrected chi connectivity index (χ0v) is 30.8. The van der Waals surface area contributed by atoms with Crippen LogP contribution in [0, 0.1) is 35.3 Å². The van der Waals surface area contributed by atoms with Crippen molar-refractivity contribution in [1.82, 2.24) is 25.2 Å². The highest BCUT2D eigenvalue weighted by Crippen LogP contribution is 2.48. The quantitative estimate of drug-likeness (QED) is 0.160. The molecule has 262 valence electrons. The van der Waals surface area contributed by atoms with Gasteiger partial charge in [0.15, 0.2) is 5.82 Å². The molecular weight excluding hydrogens is 647 g/mol. The molecule has 5 heterocycles. The molecule has 3 atom stereocenters. The zero-order chi connectivity index (χ0) is 34.8. The van der Waals surface area contributed by atoms with Gasteiger partial charge in [0.25, 0.3) is 0 Å². The summed E-state index contributed by atoms with van der Waals surface area (Å²) in [6.45, 7) is 14.9. The summed E-state index contributed by atoms with van der Waals surface area (Å²) in [5, 5.41) is 5.57. The Morgan fingerprint density at radius 1 is 1.08 bits per heavy atom. The van der Waals surface area contributed by atoms with Crippen molar-refractivity contribution in [3.05, 3.63) is 53.2 Å². The van der Waals surface area contributed by atoms with Crippen LogP contribution in [0.4, 0.5) is 14.6 Å². The molecular formula is C40H48F2N6OSi. The molecule has 50 heavy (non-hydrogen) atoms. The predicted octanol–water partition coefficient (Wildman–Crippen LogP) is 7.43. The van der Waals surface area contributed by atoms with Gasteiger partial charge in [0.2, 0.25) is 0 Å². The van der Waals surface area contributed by atoms with Crippen LogP contribution in [0.15, 0.2) is 30.3 Å². The van der Waals surface area contributed by atoms with Gasteiger partial charge in [-0.15, -0.1) is 6.42 Å². The van der Waals surface area contributed by atoms with E-state index in [4.69, 9.17) is 26.1 Å². The van der Waals surface area contributed by atoms with Crippen molar-refractivity contribution in [3.63, 3.8) is 0 Å². The Kier molecular flexibility index (Phi) is 8.60. The fraction of sp³-hybridized carbons (Fsp3) is 0.525. The topological polar surface area (TPSA) is 66.4 Å². The molecule has 0 spiro atoms. The minimum Gasteiger partial charge on any atom is -0.463 e. The molecule has 4 aliphatic rings. The Morgan fingerprint density at radius 3 is 2.70 bits per heavy atom. The molecule has 3 aliphatic heterocycles. The van der Waals surface area contributed by atoms with Crippen LogP contribution in [-0.4, -0.2) is 79.3 Å². The lowest BCUT2D eigenvalue weighted by atomic mass is 9.93. The van der Waals surface area contributed by atoms with Gasteiger partial charge >= 0.3 is 6.01 Å². The van der Waals surface area contributed by atoms with E-state index >= 15 is 8.78 Å².